The number of thioether (sulfide) groups is 1. The zero-order valence-corrected chi connectivity index (χ0v) is 15.6. The first-order valence-corrected chi connectivity index (χ1v) is 10.7. The first-order valence-electron chi connectivity index (χ1n) is 8.21. The van der Waals surface area contributed by atoms with Gasteiger partial charge < -0.3 is 0 Å². The second-order valence-electron chi connectivity index (χ2n) is 6.36. The fourth-order valence-corrected chi connectivity index (χ4v) is 5.44. The van der Waals surface area contributed by atoms with Gasteiger partial charge in [0, 0.05) is 10.1 Å². The zero-order chi connectivity index (χ0) is 16.8. The molecule has 2 unspecified atom stereocenters. The topological polar surface area (TPSA) is 34.1 Å². The minimum Gasteiger partial charge on any atom is -0.228 e. The molecule has 0 saturated heterocycles. The second-order valence-corrected chi connectivity index (χ2v) is 10.4. The number of hydrogen-bond donors (Lipinski definition) is 0. The summed E-state index contributed by atoms with van der Waals surface area (Å²) in [6.07, 6.45) is 10.9. The van der Waals surface area contributed by atoms with Crippen LogP contribution in [0.5, 0.6) is 0 Å². The molecule has 0 amide bonds. The van der Waals surface area contributed by atoms with E-state index in [1.165, 1.54) is 4.90 Å². The molecule has 0 N–H and O–H groups in total. The van der Waals surface area contributed by atoms with Crippen molar-refractivity contribution in [1.29, 1.82) is 0 Å². The average molecular weight is 351 g/mol. The molecular formula is C19H26O2S2. The second kappa shape index (κ2) is 8.20. The van der Waals surface area contributed by atoms with Gasteiger partial charge >= 0.3 is 0 Å². The molecule has 0 aliphatic heterocycles. The minimum absolute atomic E-state index is 0.282. The first kappa shape index (κ1) is 18.3. The van der Waals surface area contributed by atoms with E-state index in [9.17, 15) is 8.42 Å². The van der Waals surface area contributed by atoms with Crippen LogP contribution in [-0.2, 0) is 9.84 Å². The van der Waals surface area contributed by atoms with Crippen molar-refractivity contribution in [2.45, 2.75) is 54.4 Å². The molecule has 0 radical (unpaired) electrons. The first-order chi connectivity index (χ1) is 10.9. The van der Waals surface area contributed by atoms with E-state index in [1.807, 2.05) is 49.1 Å². The van der Waals surface area contributed by atoms with E-state index in [4.69, 9.17) is 0 Å². The lowest BCUT2D eigenvalue weighted by Crippen LogP contribution is -2.35. The summed E-state index contributed by atoms with van der Waals surface area (Å²) in [6, 6.07) is 10.4. The highest BCUT2D eigenvalue weighted by atomic mass is 32.2. The smallest absolute Gasteiger partial charge is 0.159 e. The maximum absolute atomic E-state index is 12.6. The highest BCUT2D eigenvalue weighted by Gasteiger charge is 2.35. The van der Waals surface area contributed by atoms with E-state index in [2.05, 4.69) is 31.2 Å². The van der Waals surface area contributed by atoms with Gasteiger partial charge in [-0.2, -0.15) is 0 Å². The van der Waals surface area contributed by atoms with Crippen molar-refractivity contribution in [2.75, 3.05) is 5.75 Å². The van der Waals surface area contributed by atoms with Crippen LogP contribution in [0.1, 0.15) is 39.5 Å². The summed E-state index contributed by atoms with van der Waals surface area (Å²) in [6.45, 7) is 4.04. The maximum atomic E-state index is 12.6. The highest BCUT2D eigenvalue weighted by Crippen LogP contribution is 2.29. The molecular weight excluding hydrogens is 324 g/mol. The Balaban J connectivity index is 1.74. The Kier molecular flexibility index (Phi) is 6.54. The Morgan fingerprint density at radius 1 is 1.17 bits per heavy atom. The van der Waals surface area contributed by atoms with Gasteiger partial charge in [-0.15, -0.1) is 11.8 Å². The van der Waals surface area contributed by atoms with Crippen molar-refractivity contribution in [3.8, 4) is 0 Å². The molecule has 1 aliphatic carbocycles. The van der Waals surface area contributed by atoms with Crippen molar-refractivity contribution in [3.05, 3.63) is 54.6 Å². The summed E-state index contributed by atoms with van der Waals surface area (Å²) in [5.74, 6) is 0.282. The standard InChI is InChI=1S/C19H26O2S2/c1-17(22-18-12-5-3-6-13-18)11-7-10-16-23(20,21)19(2)14-8-4-9-15-19/h3-6,8-9,12-14,17H,7,10-11,15-16H2,1-2H3. The van der Waals surface area contributed by atoms with Gasteiger partial charge in [0.1, 0.15) is 0 Å². The van der Waals surface area contributed by atoms with Crippen LogP contribution in [-0.4, -0.2) is 24.2 Å². The molecule has 2 atom stereocenters. The van der Waals surface area contributed by atoms with E-state index in [0.717, 1.165) is 19.3 Å². The molecule has 2 nitrogen and oxygen atoms in total. The van der Waals surface area contributed by atoms with Crippen LogP contribution in [0.25, 0.3) is 0 Å². The predicted octanol–water partition coefficient (Wildman–Crippen LogP) is 5.03. The molecule has 0 heterocycles. The molecule has 0 fully saturated rings. The molecule has 4 heteroatoms. The van der Waals surface area contributed by atoms with Crippen LogP contribution < -0.4 is 0 Å². The van der Waals surface area contributed by atoms with Crippen molar-refractivity contribution in [3.63, 3.8) is 0 Å². The van der Waals surface area contributed by atoms with Crippen LogP contribution in [0.4, 0.5) is 0 Å². The third-order valence-electron chi connectivity index (χ3n) is 4.28. The normalized spacial score (nSPS) is 22.2. The molecule has 0 aromatic heterocycles. The highest BCUT2D eigenvalue weighted by molar-refractivity contribution is 8.00. The van der Waals surface area contributed by atoms with Crippen LogP contribution >= 0.6 is 11.8 Å². The van der Waals surface area contributed by atoms with E-state index < -0.39 is 14.6 Å². The van der Waals surface area contributed by atoms with Gasteiger partial charge in [-0.1, -0.05) is 55.8 Å². The van der Waals surface area contributed by atoms with Crippen LogP contribution in [0.15, 0.2) is 59.5 Å². The minimum atomic E-state index is -3.08. The molecule has 1 aliphatic rings. The Hall–Kier alpha value is -1.00. The Morgan fingerprint density at radius 3 is 2.57 bits per heavy atom. The third kappa shape index (κ3) is 5.25. The SMILES string of the molecule is CC(CCCCS(=O)(=O)C1(C)C=CC=CC1)Sc1ccccc1. The van der Waals surface area contributed by atoms with E-state index in [1.54, 1.807) is 0 Å². The van der Waals surface area contributed by atoms with Crippen molar-refractivity contribution in [1.82, 2.24) is 0 Å². The summed E-state index contributed by atoms with van der Waals surface area (Å²) in [7, 11) is -3.08. The van der Waals surface area contributed by atoms with Crippen LogP contribution in [0.2, 0.25) is 0 Å². The molecule has 1 aromatic rings. The summed E-state index contributed by atoms with van der Waals surface area (Å²) >= 11 is 1.86. The number of sulfone groups is 1. The lowest BCUT2D eigenvalue weighted by atomic mass is 10.0. The third-order valence-corrected chi connectivity index (χ3v) is 8.02. The molecule has 23 heavy (non-hydrogen) atoms. The van der Waals surface area contributed by atoms with Gasteiger partial charge in [0.05, 0.1) is 10.5 Å². The zero-order valence-electron chi connectivity index (χ0n) is 13.9. The monoisotopic (exact) mass is 350 g/mol. The van der Waals surface area contributed by atoms with Crippen molar-refractivity contribution in [2.24, 2.45) is 0 Å². The van der Waals surface area contributed by atoms with Crippen LogP contribution in [0.3, 0.4) is 0 Å². The van der Waals surface area contributed by atoms with Crippen LogP contribution in [0, 0.1) is 0 Å². The quantitative estimate of drug-likeness (QED) is 0.487. The van der Waals surface area contributed by atoms with Gasteiger partial charge in [0.15, 0.2) is 9.84 Å². The number of benzene rings is 1. The van der Waals surface area contributed by atoms with Gasteiger partial charge in [-0.05, 0) is 38.3 Å². The van der Waals surface area contributed by atoms with Gasteiger partial charge in [0.25, 0.3) is 0 Å². The lowest BCUT2D eigenvalue weighted by molar-refractivity contribution is 0.557. The summed E-state index contributed by atoms with van der Waals surface area (Å²) < 4.78 is 24.4. The lowest BCUT2D eigenvalue weighted by Gasteiger charge is -2.26. The number of unbranched alkanes of at least 4 members (excludes halogenated alkanes) is 1. The van der Waals surface area contributed by atoms with Gasteiger partial charge in [-0.25, -0.2) is 8.42 Å². The largest absolute Gasteiger partial charge is 0.228 e. The van der Waals surface area contributed by atoms with Gasteiger partial charge in [-0.3, -0.25) is 0 Å². The number of hydrogen-bond acceptors (Lipinski definition) is 3. The maximum Gasteiger partial charge on any atom is 0.159 e. The van der Waals surface area contributed by atoms with Gasteiger partial charge in [0.2, 0.25) is 0 Å². The molecule has 0 spiro atoms. The molecule has 0 bridgehead atoms. The molecule has 1 aromatic carbocycles. The average Bonchev–Trinajstić information content (AvgIpc) is 2.53. The fourth-order valence-electron chi connectivity index (χ4n) is 2.69. The predicted molar refractivity (Wildman–Crippen MR) is 101 cm³/mol. The Morgan fingerprint density at radius 2 is 1.91 bits per heavy atom. The molecule has 126 valence electrons. The van der Waals surface area contributed by atoms with E-state index >= 15 is 0 Å². The summed E-state index contributed by atoms with van der Waals surface area (Å²) in [5, 5.41) is 0.508. The molecule has 0 saturated carbocycles. The fraction of sp³-hybridized carbons (Fsp3) is 0.474. The summed E-state index contributed by atoms with van der Waals surface area (Å²) in [4.78, 5) is 1.28. The number of allylic oxidation sites excluding steroid dienone is 3. The molecule has 2 rings (SSSR count). The van der Waals surface area contributed by atoms with E-state index in [-0.39, 0.29) is 5.75 Å². The Bertz CT molecular complexity index is 647. The Labute approximate surface area is 145 Å². The van der Waals surface area contributed by atoms with Crippen molar-refractivity contribution >= 4 is 21.6 Å². The van der Waals surface area contributed by atoms with Crippen molar-refractivity contribution < 1.29 is 8.42 Å². The van der Waals surface area contributed by atoms with E-state index in [0.29, 0.717) is 11.7 Å². The summed E-state index contributed by atoms with van der Waals surface area (Å²) in [5.41, 5.74) is 0. The number of rotatable bonds is 8.